The van der Waals surface area contributed by atoms with Crippen LogP contribution in [0.15, 0.2) is 0 Å². The first-order valence-corrected chi connectivity index (χ1v) is 16.0. The van der Waals surface area contributed by atoms with Crippen molar-refractivity contribution in [2.24, 2.45) is 0 Å². The van der Waals surface area contributed by atoms with Gasteiger partial charge in [0, 0.05) is 0 Å². The zero-order valence-electron chi connectivity index (χ0n) is 24.4. The van der Waals surface area contributed by atoms with Crippen molar-refractivity contribution >= 4 is 12.4 Å². The molecule has 0 spiro atoms. The van der Waals surface area contributed by atoms with Crippen molar-refractivity contribution in [3.05, 3.63) is 0 Å². The topological polar surface area (TPSA) is 3.24 Å². The van der Waals surface area contributed by atoms with Crippen LogP contribution in [-0.4, -0.2) is 25.0 Å². The SMILES string of the molecule is CCCCCCCCCCCCCCCCCCCCCCN(C)CCCCCCCCC.Cl. The van der Waals surface area contributed by atoms with Gasteiger partial charge in [-0.2, -0.15) is 0 Å². The van der Waals surface area contributed by atoms with Gasteiger partial charge in [-0.15, -0.1) is 12.4 Å². The normalized spacial score (nSPS) is 11.3. The lowest BCUT2D eigenvalue weighted by atomic mass is 10.0. The minimum atomic E-state index is 0. The molecule has 0 radical (unpaired) electrons. The molecular formula is C32H68ClN. The van der Waals surface area contributed by atoms with Crippen molar-refractivity contribution in [3.63, 3.8) is 0 Å². The Bertz CT molecular complexity index is 333. The minimum absolute atomic E-state index is 0. The van der Waals surface area contributed by atoms with Crippen molar-refractivity contribution in [2.45, 2.75) is 187 Å². The molecule has 0 aromatic heterocycles. The third kappa shape index (κ3) is 32.2. The maximum atomic E-state index is 2.57. The fraction of sp³-hybridized carbons (Fsp3) is 1.00. The van der Waals surface area contributed by atoms with E-state index < -0.39 is 0 Å². The van der Waals surface area contributed by atoms with E-state index in [0.717, 1.165) is 0 Å². The average molecular weight is 502 g/mol. The lowest BCUT2D eigenvalue weighted by molar-refractivity contribution is 0.314. The summed E-state index contributed by atoms with van der Waals surface area (Å²) in [4.78, 5) is 2.57. The summed E-state index contributed by atoms with van der Waals surface area (Å²) < 4.78 is 0. The van der Waals surface area contributed by atoms with E-state index in [0.29, 0.717) is 0 Å². The number of hydrogen-bond donors (Lipinski definition) is 0. The lowest BCUT2D eigenvalue weighted by Crippen LogP contribution is -2.20. The summed E-state index contributed by atoms with van der Waals surface area (Å²) in [6.07, 6.45) is 39.4. The molecule has 0 aliphatic heterocycles. The molecule has 0 fully saturated rings. The molecule has 0 aromatic carbocycles. The maximum Gasteiger partial charge on any atom is -0.00218 e. The van der Waals surface area contributed by atoms with Gasteiger partial charge in [-0.25, -0.2) is 0 Å². The van der Waals surface area contributed by atoms with Crippen LogP contribution in [0, 0.1) is 0 Å². The highest BCUT2D eigenvalue weighted by Gasteiger charge is 1.99. The zero-order valence-corrected chi connectivity index (χ0v) is 25.2. The van der Waals surface area contributed by atoms with E-state index in [1.54, 1.807) is 0 Å². The van der Waals surface area contributed by atoms with Crippen molar-refractivity contribution in [3.8, 4) is 0 Å². The molecule has 0 bridgehead atoms. The molecule has 0 aromatic rings. The molecular weight excluding hydrogens is 434 g/mol. The van der Waals surface area contributed by atoms with E-state index in [4.69, 9.17) is 0 Å². The lowest BCUT2D eigenvalue weighted by Gasteiger charge is -2.16. The van der Waals surface area contributed by atoms with Gasteiger partial charge in [0.15, 0.2) is 0 Å². The fourth-order valence-corrected chi connectivity index (χ4v) is 5.09. The highest BCUT2D eigenvalue weighted by Crippen LogP contribution is 2.15. The van der Waals surface area contributed by atoms with Crippen molar-refractivity contribution in [1.29, 1.82) is 0 Å². The van der Waals surface area contributed by atoms with E-state index in [2.05, 4.69) is 25.8 Å². The molecule has 0 amide bonds. The molecule has 0 N–H and O–H groups in total. The Labute approximate surface area is 224 Å². The van der Waals surface area contributed by atoms with Gasteiger partial charge < -0.3 is 4.90 Å². The number of hydrogen-bond acceptors (Lipinski definition) is 1. The van der Waals surface area contributed by atoms with E-state index in [9.17, 15) is 0 Å². The van der Waals surface area contributed by atoms with Gasteiger partial charge in [0.1, 0.15) is 0 Å². The standard InChI is InChI=1S/C32H67N.ClH/c1-4-6-8-10-12-13-14-15-16-17-18-19-20-21-22-23-24-26-28-30-32-33(3)31-29-27-25-11-9-7-5-2;/h4-32H2,1-3H3;1H. The molecule has 0 heterocycles. The van der Waals surface area contributed by atoms with Crippen molar-refractivity contribution in [1.82, 2.24) is 4.90 Å². The number of halogens is 1. The predicted molar refractivity (Wildman–Crippen MR) is 161 cm³/mol. The number of nitrogens with zero attached hydrogens (tertiary/aromatic N) is 1. The van der Waals surface area contributed by atoms with E-state index in [1.165, 1.54) is 186 Å². The molecule has 208 valence electrons. The van der Waals surface area contributed by atoms with Crippen LogP contribution in [0.3, 0.4) is 0 Å². The van der Waals surface area contributed by atoms with E-state index in [1.807, 2.05) is 0 Å². The summed E-state index contributed by atoms with van der Waals surface area (Å²) in [5.74, 6) is 0. The summed E-state index contributed by atoms with van der Waals surface area (Å²) in [7, 11) is 2.33. The van der Waals surface area contributed by atoms with Gasteiger partial charge in [-0.3, -0.25) is 0 Å². The van der Waals surface area contributed by atoms with Crippen LogP contribution in [0.2, 0.25) is 0 Å². The molecule has 0 atom stereocenters. The average Bonchev–Trinajstić information content (AvgIpc) is 2.82. The van der Waals surface area contributed by atoms with Gasteiger partial charge in [-0.05, 0) is 33.0 Å². The summed E-state index contributed by atoms with van der Waals surface area (Å²) >= 11 is 0. The molecule has 0 aliphatic carbocycles. The Morgan fingerprint density at radius 1 is 0.294 bits per heavy atom. The van der Waals surface area contributed by atoms with Gasteiger partial charge in [0.25, 0.3) is 0 Å². The molecule has 0 saturated carbocycles. The Morgan fingerprint density at radius 2 is 0.471 bits per heavy atom. The van der Waals surface area contributed by atoms with Crippen LogP contribution in [0.5, 0.6) is 0 Å². The summed E-state index contributed by atoms with van der Waals surface area (Å²) in [5, 5.41) is 0. The first kappa shape index (κ1) is 36.4. The van der Waals surface area contributed by atoms with E-state index in [-0.39, 0.29) is 12.4 Å². The zero-order chi connectivity index (χ0) is 24.1. The van der Waals surface area contributed by atoms with Crippen LogP contribution in [0.25, 0.3) is 0 Å². The van der Waals surface area contributed by atoms with Crippen LogP contribution >= 0.6 is 12.4 Å². The molecule has 2 heteroatoms. The molecule has 1 nitrogen and oxygen atoms in total. The number of unbranched alkanes of at least 4 members (excludes halogenated alkanes) is 25. The monoisotopic (exact) mass is 502 g/mol. The second-order valence-corrected chi connectivity index (χ2v) is 11.1. The highest BCUT2D eigenvalue weighted by atomic mass is 35.5. The fourth-order valence-electron chi connectivity index (χ4n) is 5.09. The molecule has 0 rings (SSSR count). The third-order valence-electron chi connectivity index (χ3n) is 7.54. The Morgan fingerprint density at radius 3 is 0.676 bits per heavy atom. The summed E-state index contributed by atoms with van der Waals surface area (Å²) in [5.41, 5.74) is 0. The van der Waals surface area contributed by atoms with Gasteiger partial charge in [0.2, 0.25) is 0 Å². The minimum Gasteiger partial charge on any atom is -0.306 e. The van der Waals surface area contributed by atoms with Gasteiger partial charge >= 0.3 is 0 Å². The van der Waals surface area contributed by atoms with E-state index >= 15 is 0 Å². The van der Waals surface area contributed by atoms with Crippen LogP contribution in [0.4, 0.5) is 0 Å². The highest BCUT2D eigenvalue weighted by molar-refractivity contribution is 5.85. The van der Waals surface area contributed by atoms with Crippen molar-refractivity contribution < 1.29 is 0 Å². The second-order valence-electron chi connectivity index (χ2n) is 11.1. The van der Waals surface area contributed by atoms with Gasteiger partial charge in [0.05, 0.1) is 0 Å². The molecule has 0 aliphatic rings. The Kier molecular flexibility index (Phi) is 35.6. The summed E-state index contributed by atoms with van der Waals surface area (Å²) in [6, 6.07) is 0. The first-order valence-electron chi connectivity index (χ1n) is 16.0. The molecule has 0 unspecified atom stereocenters. The van der Waals surface area contributed by atoms with Crippen LogP contribution in [-0.2, 0) is 0 Å². The quantitative estimate of drug-likeness (QED) is 0.0920. The third-order valence-corrected chi connectivity index (χ3v) is 7.54. The van der Waals surface area contributed by atoms with Gasteiger partial charge in [-0.1, -0.05) is 174 Å². The van der Waals surface area contributed by atoms with Crippen LogP contribution < -0.4 is 0 Å². The predicted octanol–water partition coefficient (Wildman–Crippen LogP) is 11.9. The Balaban J connectivity index is 0. The largest absolute Gasteiger partial charge is 0.306 e. The maximum absolute atomic E-state index is 2.57. The molecule has 0 saturated heterocycles. The Hall–Kier alpha value is 0.250. The smallest absolute Gasteiger partial charge is 0.00218 e. The first-order chi connectivity index (χ1) is 16.3. The van der Waals surface area contributed by atoms with Crippen molar-refractivity contribution in [2.75, 3.05) is 20.1 Å². The molecule has 34 heavy (non-hydrogen) atoms. The van der Waals surface area contributed by atoms with Crippen LogP contribution in [0.1, 0.15) is 187 Å². The second kappa shape index (κ2) is 33.2. The summed E-state index contributed by atoms with van der Waals surface area (Å²) in [6.45, 7) is 7.23. The number of rotatable bonds is 29.